The molecule has 0 radical (unpaired) electrons. The smallest absolute Gasteiger partial charge is 0.273 e. The van der Waals surface area contributed by atoms with Crippen LogP contribution < -0.4 is 5.32 Å². The first kappa shape index (κ1) is 13.9. The molecule has 0 bridgehead atoms. The Kier molecular flexibility index (Phi) is 3.78. The third-order valence-corrected chi connectivity index (χ3v) is 4.01. The summed E-state index contributed by atoms with van der Waals surface area (Å²) in [4.78, 5) is 12.2. The van der Waals surface area contributed by atoms with Crippen molar-refractivity contribution in [3.8, 4) is 0 Å². The number of amides is 1. The summed E-state index contributed by atoms with van der Waals surface area (Å²) < 4.78 is 5.18. The van der Waals surface area contributed by atoms with Gasteiger partial charge in [-0.2, -0.15) is 0 Å². The van der Waals surface area contributed by atoms with Crippen LogP contribution in [0, 0.1) is 0 Å². The summed E-state index contributed by atoms with van der Waals surface area (Å²) in [5, 5.41) is 6.93. The topological polar surface area (TPSA) is 55.1 Å². The minimum atomic E-state index is -0.143. The molecule has 110 valence electrons. The largest absolute Gasteiger partial charge is 0.360 e. The van der Waals surface area contributed by atoms with Crippen molar-refractivity contribution in [1.29, 1.82) is 0 Å². The molecule has 0 spiro atoms. The lowest BCUT2D eigenvalue weighted by Gasteiger charge is -2.25. The molecule has 3 rings (SSSR count). The SMILES string of the molecule is CC(C)c1cc(C(=O)N[C@@H]2CCc3ccccc3C2)no1. The van der Waals surface area contributed by atoms with Gasteiger partial charge in [-0.3, -0.25) is 4.79 Å². The van der Waals surface area contributed by atoms with E-state index in [0.29, 0.717) is 5.69 Å². The van der Waals surface area contributed by atoms with E-state index in [1.165, 1.54) is 11.1 Å². The Hall–Kier alpha value is -2.10. The van der Waals surface area contributed by atoms with Crippen LogP contribution in [-0.4, -0.2) is 17.1 Å². The Morgan fingerprint density at radius 1 is 1.33 bits per heavy atom. The molecule has 1 heterocycles. The molecular formula is C17H20N2O2. The zero-order valence-corrected chi connectivity index (χ0v) is 12.4. The molecule has 1 aromatic heterocycles. The van der Waals surface area contributed by atoms with Crippen molar-refractivity contribution in [2.45, 2.75) is 45.1 Å². The molecule has 1 aliphatic rings. The Bertz CT molecular complexity index is 646. The minimum Gasteiger partial charge on any atom is -0.360 e. The second-order valence-corrected chi connectivity index (χ2v) is 5.95. The maximum atomic E-state index is 12.2. The number of aryl methyl sites for hydroxylation is 1. The Labute approximate surface area is 124 Å². The van der Waals surface area contributed by atoms with E-state index in [0.717, 1.165) is 25.0 Å². The number of rotatable bonds is 3. The maximum absolute atomic E-state index is 12.2. The van der Waals surface area contributed by atoms with E-state index in [9.17, 15) is 4.79 Å². The van der Waals surface area contributed by atoms with Gasteiger partial charge >= 0.3 is 0 Å². The lowest BCUT2D eigenvalue weighted by Crippen LogP contribution is -2.38. The summed E-state index contributed by atoms with van der Waals surface area (Å²) in [6, 6.07) is 10.3. The van der Waals surface area contributed by atoms with Gasteiger partial charge < -0.3 is 9.84 Å². The van der Waals surface area contributed by atoms with Gasteiger partial charge in [0.15, 0.2) is 5.69 Å². The first-order valence-electron chi connectivity index (χ1n) is 7.47. The van der Waals surface area contributed by atoms with Gasteiger partial charge in [0, 0.05) is 18.0 Å². The Balaban J connectivity index is 1.66. The summed E-state index contributed by atoms with van der Waals surface area (Å²) in [6.07, 6.45) is 2.87. The Morgan fingerprint density at radius 2 is 2.10 bits per heavy atom. The number of carbonyl (C=O) groups excluding carboxylic acids is 1. The van der Waals surface area contributed by atoms with Crippen molar-refractivity contribution < 1.29 is 9.32 Å². The fraction of sp³-hybridized carbons (Fsp3) is 0.412. The lowest BCUT2D eigenvalue weighted by molar-refractivity contribution is 0.0924. The fourth-order valence-corrected chi connectivity index (χ4v) is 2.75. The molecular weight excluding hydrogens is 264 g/mol. The van der Waals surface area contributed by atoms with Crippen LogP contribution in [0.4, 0.5) is 0 Å². The Morgan fingerprint density at radius 3 is 2.81 bits per heavy atom. The number of benzene rings is 1. The summed E-state index contributed by atoms with van der Waals surface area (Å²) in [6.45, 7) is 4.03. The lowest BCUT2D eigenvalue weighted by atomic mass is 9.88. The van der Waals surface area contributed by atoms with E-state index in [2.05, 4.69) is 34.7 Å². The third kappa shape index (κ3) is 2.99. The van der Waals surface area contributed by atoms with Crippen LogP contribution >= 0.6 is 0 Å². The molecule has 0 fully saturated rings. The molecule has 4 nitrogen and oxygen atoms in total. The zero-order valence-electron chi connectivity index (χ0n) is 12.4. The third-order valence-electron chi connectivity index (χ3n) is 4.01. The van der Waals surface area contributed by atoms with E-state index in [-0.39, 0.29) is 17.9 Å². The number of hydrogen-bond acceptors (Lipinski definition) is 3. The molecule has 0 saturated heterocycles. The highest BCUT2D eigenvalue weighted by Crippen LogP contribution is 2.21. The standard InChI is InChI=1S/C17H20N2O2/c1-11(2)16-10-15(19-21-16)17(20)18-14-8-7-12-5-3-4-6-13(12)9-14/h3-6,10-11,14H,7-9H2,1-2H3,(H,18,20)/t14-/m1/s1. The van der Waals surface area contributed by atoms with E-state index in [1.54, 1.807) is 6.07 Å². The molecule has 1 aliphatic carbocycles. The number of aromatic nitrogens is 1. The first-order valence-corrected chi connectivity index (χ1v) is 7.47. The van der Waals surface area contributed by atoms with Gasteiger partial charge in [0.2, 0.25) is 0 Å². The van der Waals surface area contributed by atoms with Crippen molar-refractivity contribution in [2.75, 3.05) is 0 Å². The van der Waals surface area contributed by atoms with Crippen molar-refractivity contribution in [1.82, 2.24) is 10.5 Å². The van der Waals surface area contributed by atoms with Gasteiger partial charge in [0.25, 0.3) is 5.91 Å². The number of nitrogens with one attached hydrogen (secondary N) is 1. The summed E-state index contributed by atoms with van der Waals surface area (Å²) in [5.74, 6) is 0.838. The maximum Gasteiger partial charge on any atom is 0.273 e. The van der Waals surface area contributed by atoms with Crippen LogP contribution in [0.2, 0.25) is 0 Å². The van der Waals surface area contributed by atoms with E-state index in [4.69, 9.17) is 4.52 Å². The number of fused-ring (bicyclic) bond motifs is 1. The first-order chi connectivity index (χ1) is 10.1. The van der Waals surface area contributed by atoms with Gasteiger partial charge in [0.05, 0.1) is 0 Å². The second-order valence-electron chi connectivity index (χ2n) is 5.95. The summed E-state index contributed by atoms with van der Waals surface area (Å²) in [5.41, 5.74) is 3.10. The van der Waals surface area contributed by atoms with E-state index >= 15 is 0 Å². The average molecular weight is 284 g/mol. The van der Waals surface area contributed by atoms with Crippen LogP contribution in [0.25, 0.3) is 0 Å². The van der Waals surface area contributed by atoms with Crippen molar-refractivity contribution in [2.24, 2.45) is 0 Å². The van der Waals surface area contributed by atoms with Crippen molar-refractivity contribution in [3.63, 3.8) is 0 Å². The van der Waals surface area contributed by atoms with Gasteiger partial charge in [-0.15, -0.1) is 0 Å². The average Bonchev–Trinajstić information content (AvgIpc) is 2.97. The zero-order chi connectivity index (χ0) is 14.8. The fourth-order valence-electron chi connectivity index (χ4n) is 2.75. The van der Waals surface area contributed by atoms with Crippen LogP contribution in [0.15, 0.2) is 34.9 Å². The normalized spacial score (nSPS) is 17.6. The summed E-state index contributed by atoms with van der Waals surface area (Å²) >= 11 is 0. The van der Waals surface area contributed by atoms with Crippen molar-refractivity contribution in [3.05, 3.63) is 52.9 Å². The highest BCUT2D eigenvalue weighted by Gasteiger charge is 2.22. The van der Waals surface area contributed by atoms with E-state index < -0.39 is 0 Å². The number of nitrogens with zero attached hydrogens (tertiary/aromatic N) is 1. The highest BCUT2D eigenvalue weighted by molar-refractivity contribution is 5.92. The van der Waals surface area contributed by atoms with Gasteiger partial charge in [-0.1, -0.05) is 43.3 Å². The van der Waals surface area contributed by atoms with Gasteiger partial charge in [0.1, 0.15) is 5.76 Å². The monoisotopic (exact) mass is 284 g/mol. The molecule has 1 aromatic carbocycles. The predicted molar refractivity (Wildman–Crippen MR) is 80.3 cm³/mol. The molecule has 2 aromatic rings. The van der Waals surface area contributed by atoms with E-state index in [1.807, 2.05) is 13.8 Å². The quantitative estimate of drug-likeness (QED) is 0.942. The molecule has 1 atom stereocenters. The number of hydrogen-bond donors (Lipinski definition) is 1. The van der Waals surface area contributed by atoms with Gasteiger partial charge in [-0.25, -0.2) is 0 Å². The molecule has 1 N–H and O–H groups in total. The highest BCUT2D eigenvalue weighted by atomic mass is 16.5. The molecule has 1 amide bonds. The van der Waals surface area contributed by atoms with Crippen LogP contribution in [0.3, 0.4) is 0 Å². The van der Waals surface area contributed by atoms with Crippen LogP contribution in [0.1, 0.15) is 53.6 Å². The molecule has 0 aliphatic heterocycles. The van der Waals surface area contributed by atoms with Gasteiger partial charge in [-0.05, 0) is 30.4 Å². The predicted octanol–water partition coefficient (Wildman–Crippen LogP) is 3.09. The second kappa shape index (κ2) is 5.72. The molecule has 4 heteroatoms. The van der Waals surface area contributed by atoms with Crippen LogP contribution in [0.5, 0.6) is 0 Å². The van der Waals surface area contributed by atoms with Crippen LogP contribution in [-0.2, 0) is 12.8 Å². The minimum absolute atomic E-state index is 0.143. The number of carbonyl (C=O) groups is 1. The molecule has 21 heavy (non-hydrogen) atoms. The van der Waals surface area contributed by atoms with Crippen molar-refractivity contribution >= 4 is 5.91 Å². The molecule has 0 saturated carbocycles. The summed E-state index contributed by atoms with van der Waals surface area (Å²) in [7, 11) is 0. The molecule has 0 unspecified atom stereocenters.